The second-order valence-corrected chi connectivity index (χ2v) is 7.56. The van der Waals surface area contributed by atoms with Gasteiger partial charge in [0.05, 0.1) is 12.7 Å². The van der Waals surface area contributed by atoms with E-state index in [1.807, 2.05) is 10.9 Å². The van der Waals surface area contributed by atoms with Crippen LogP contribution in [0.5, 0.6) is 0 Å². The maximum absolute atomic E-state index is 4.73. The molecule has 1 aliphatic rings. The lowest BCUT2D eigenvalue weighted by atomic mass is 10.1. The SMILES string of the molecule is CCNC(=NCc1ccc(CN2CCCC2)cc1)NCCCn1cc(C)cn1.I. The predicted molar refractivity (Wildman–Crippen MR) is 131 cm³/mol. The van der Waals surface area contributed by atoms with Gasteiger partial charge >= 0.3 is 0 Å². The van der Waals surface area contributed by atoms with Gasteiger partial charge in [-0.25, -0.2) is 4.99 Å². The standard InChI is InChI=1S/C22H34N6.HI/c1-3-23-22(24-11-6-14-28-17-19(2)15-26-28)25-16-20-7-9-21(10-8-20)18-27-12-4-5-13-27;/h7-10,15,17H,3-6,11-14,16,18H2,1-2H3,(H2,23,24,25);1H. The number of guanidine groups is 1. The number of rotatable bonds is 9. The normalized spacial score (nSPS) is 14.6. The zero-order valence-corrected chi connectivity index (χ0v) is 20.1. The molecule has 7 heteroatoms. The number of halogens is 1. The fourth-order valence-electron chi connectivity index (χ4n) is 3.50. The van der Waals surface area contributed by atoms with E-state index in [9.17, 15) is 0 Å². The Hall–Kier alpha value is -1.61. The summed E-state index contributed by atoms with van der Waals surface area (Å²) in [5.41, 5.74) is 3.84. The summed E-state index contributed by atoms with van der Waals surface area (Å²) in [7, 11) is 0. The van der Waals surface area contributed by atoms with E-state index in [0.717, 1.165) is 38.6 Å². The van der Waals surface area contributed by atoms with Crippen LogP contribution in [0.15, 0.2) is 41.7 Å². The Morgan fingerprint density at radius 3 is 2.48 bits per heavy atom. The van der Waals surface area contributed by atoms with Gasteiger partial charge in [-0.2, -0.15) is 5.10 Å². The monoisotopic (exact) mass is 510 g/mol. The summed E-state index contributed by atoms with van der Waals surface area (Å²) in [4.78, 5) is 7.26. The number of nitrogens with one attached hydrogen (secondary N) is 2. The highest BCUT2D eigenvalue weighted by molar-refractivity contribution is 14.0. The van der Waals surface area contributed by atoms with Crippen LogP contribution < -0.4 is 10.6 Å². The number of nitrogens with zero attached hydrogens (tertiary/aromatic N) is 4. The summed E-state index contributed by atoms with van der Waals surface area (Å²) < 4.78 is 1.99. The fourth-order valence-corrected chi connectivity index (χ4v) is 3.50. The Balaban J connectivity index is 0.00000300. The molecule has 1 saturated heterocycles. The highest BCUT2D eigenvalue weighted by Crippen LogP contribution is 2.13. The molecule has 6 nitrogen and oxygen atoms in total. The molecule has 0 bridgehead atoms. The highest BCUT2D eigenvalue weighted by atomic mass is 127. The van der Waals surface area contributed by atoms with Gasteiger partial charge in [-0.15, -0.1) is 24.0 Å². The van der Waals surface area contributed by atoms with Crippen LogP contribution in [-0.2, 0) is 19.6 Å². The molecule has 0 amide bonds. The third-order valence-electron chi connectivity index (χ3n) is 5.01. The van der Waals surface area contributed by atoms with Crippen molar-refractivity contribution in [3.05, 3.63) is 53.3 Å². The van der Waals surface area contributed by atoms with Crippen molar-refractivity contribution in [2.24, 2.45) is 4.99 Å². The minimum atomic E-state index is 0. The quantitative estimate of drug-likeness (QED) is 0.235. The van der Waals surface area contributed by atoms with E-state index in [2.05, 4.69) is 64.9 Å². The van der Waals surface area contributed by atoms with Gasteiger partial charge in [0.2, 0.25) is 0 Å². The molecular formula is C22H35IN6. The van der Waals surface area contributed by atoms with Crippen molar-refractivity contribution in [2.45, 2.75) is 52.7 Å². The number of benzene rings is 1. The van der Waals surface area contributed by atoms with Crippen LogP contribution in [0.4, 0.5) is 0 Å². The second kappa shape index (κ2) is 12.8. The van der Waals surface area contributed by atoms with Crippen LogP contribution in [0.25, 0.3) is 0 Å². The lowest BCUT2D eigenvalue weighted by Gasteiger charge is -2.14. The minimum Gasteiger partial charge on any atom is -0.357 e. The molecule has 1 fully saturated rings. The molecule has 160 valence electrons. The molecule has 2 aromatic rings. The smallest absolute Gasteiger partial charge is 0.191 e. The molecule has 3 rings (SSSR count). The summed E-state index contributed by atoms with van der Waals surface area (Å²) in [6.07, 6.45) is 7.67. The highest BCUT2D eigenvalue weighted by Gasteiger charge is 2.11. The van der Waals surface area contributed by atoms with Gasteiger partial charge in [0.25, 0.3) is 0 Å². The molecule has 2 N–H and O–H groups in total. The molecule has 1 aromatic heterocycles. The number of aryl methyl sites for hydroxylation is 2. The lowest BCUT2D eigenvalue weighted by Crippen LogP contribution is -2.38. The Labute approximate surface area is 192 Å². The second-order valence-electron chi connectivity index (χ2n) is 7.56. The molecule has 1 aromatic carbocycles. The maximum atomic E-state index is 4.73. The summed E-state index contributed by atoms with van der Waals surface area (Å²) in [6, 6.07) is 8.90. The Morgan fingerprint density at radius 2 is 1.83 bits per heavy atom. The van der Waals surface area contributed by atoms with E-state index in [1.54, 1.807) is 0 Å². The topological polar surface area (TPSA) is 57.5 Å². The van der Waals surface area contributed by atoms with Crippen molar-refractivity contribution in [2.75, 3.05) is 26.2 Å². The van der Waals surface area contributed by atoms with E-state index in [1.165, 1.54) is 42.6 Å². The van der Waals surface area contributed by atoms with Crippen LogP contribution in [-0.4, -0.2) is 46.8 Å². The van der Waals surface area contributed by atoms with Gasteiger partial charge in [0, 0.05) is 32.4 Å². The molecular weight excluding hydrogens is 475 g/mol. The molecule has 2 heterocycles. The molecule has 0 unspecified atom stereocenters. The number of likely N-dealkylation sites (tertiary alicyclic amines) is 1. The van der Waals surface area contributed by atoms with Crippen molar-refractivity contribution < 1.29 is 0 Å². The van der Waals surface area contributed by atoms with Gasteiger partial charge in [0.15, 0.2) is 5.96 Å². The largest absolute Gasteiger partial charge is 0.357 e. The molecule has 0 spiro atoms. The number of hydrogen-bond acceptors (Lipinski definition) is 3. The first-order chi connectivity index (χ1) is 13.7. The van der Waals surface area contributed by atoms with Gasteiger partial charge < -0.3 is 10.6 Å². The summed E-state index contributed by atoms with van der Waals surface area (Å²) >= 11 is 0. The van der Waals surface area contributed by atoms with Gasteiger partial charge in [-0.05, 0) is 62.9 Å². The predicted octanol–water partition coefficient (Wildman–Crippen LogP) is 3.55. The number of hydrogen-bond donors (Lipinski definition) is 2. The van der Waals surface area contributed by atoms with Crippen molar-refractivity contribution in [1.82, 2.24) is 25.3 Å². The molecule has 0 aliphatic carbocycles. The first kappa shape index (κ1) is 23.7. The van der Waals surface area contributed by atoms with E-state index in [-0.39, 0.29) is 24.0 Å². The van der Waals surface area contributed by atoms with E-state index < -0.39 is 0 Å². The first-order valence-electron chi connectivity index (χ1n) is 10.5. The summed E-state index contributed by atoms with van der Waals surface area (Å²) in [6.45, 7) is 11.1. The zero-order valence-electron chi connectivity index (χ0n) is 17.7. The first-order valence-corrected chi connectivity index (χ1v) is 10.5. The number of aromatic nitrogens is 2. The Kier molecular flexibility index (Phi) is 10.5. The third kappa shape index (κ3) is 8.34. The Bertz CT molecular complexity index is 734. The van der Waals surface area contributed by atoms with E-state index >= 15 is 0 Å². The lowest BCUT2D eigenvalue weighted by molar-refractivity contribution is 0.331. The summed E-state index contributed by atoms with van der Waals surface area (Å²) in [5, 5.41) is 11.1. The van der Waals surface area contributed by atoms with Crippen LogP contribution in [0.1, 0.15) is 42.9 Å². The zero-order chi connectivity index (χ0) is 19.6. The molecule has 29 heavy (non-hydrogen) atoms. The number of aliphatic imine (C=N–C) groups is 1. The molecule has 0 atom stereocenters. The van der Waals surface area contributed by atoms with Crippen molar-refractivity contribution in [1.29, 1.82) is 0 Å². The minimum absolute atomic E-state index is 0. The fraction of sp³-hybridized carbons (Fsp3) is 0.545. The van der Waals surface area contributed by atoms with Crippen molar-refractivity contribution >= 4 is 29.9 Å². The van der Waals surface area contributed by atoms with Crippen LogP contribution in [0.2, 0.25) is 0 Å². The van der Waals surface area contributed by atoms with E-state index in [4.69, 9.17) is 4.99 Å². The molecule has 0 saturated carbocycles. The maximum Gasteiger partial charge on any atom is 0.191 e. The van der Waals surface area contributed by atoms with Crippen LogP contribution in [0.3, 0.4) is 0 Å². The van der Waals surface area contributed by atoms with Crippen molar-refractivity contribution in [3.8, 4) is 0 Å². The van der Waals surface area contributed by atoms with Crippen molar-refractivity contribution in [3.63, 3.8) is 0 Å². The third-order valence-corrected chi connectivity index (χ3v) is 5.01. The van der Waals surface area contributed by atoms with Gasteiger partial charge in [-0.3, -0.25) is 9.58 Å². The van der Waals surface area contributed by atoms with E-state index in [0.29, 0.717) is 6.54 Å². The summed E-state index contributed by atoms with van der Waals surface area (Å²) in [5.74, 6) is 0.875. The van der Waals surface area contributed by atoms with Gasteiger partial charge in [-0.1, -0.05) is 24.3 Å². The van der Waals surface area contributed by atoms with Crippen LogP contribution in [0, 0.1) is 6.92 Å². The average Bonchev–Trinajstić information content (AvgIpc) is 3.36. The molecule has 1 aliphatic heterocycles. The average molecular weight is 510 g/mol. The molecule has 0 radical (unpaired) electrons. The van der Waals surface area contributed by atoms with Crippen LogP contribution >= 0.6 is 24.0 Å². The Morgan fingerprint density at radius 1 is 1.10 bits per heavy atom. The van der Waals surface area contributed by atoms with Gasteiger partial charge in [0.1, 0.15) is 0 Å².